The number of ether oxygens (including phenoxy) is 2. The van der Waals surface area contributed by atoms with Crippen LogP contribution in [0.4, 0.5) is 8.78 Å². The smallest absolute Gasteiger partial charge is 0.341 e. The number of aromatic nitrogens is 1. The van der Waals surface area contributed by atoms with Gasteiger partial charge in [0.05, 0.1) is 14.2 Å². The number of pyridine rings is 1. The third-order valence-corrected chi connectivity index (χ3v) is 1.80. The zero-order valence-corrected chi connectivity index (χ0v) is 8.53. The van der Waals surface area contributed by atoms with Crippen molar-refractivity contribution < 1.29 is 28.2 Å². The molecular formula is C9H9F2NO4. The molecule has 0 fully saturated rings. The number of aromatic hydroxyl groups is 1. The fraction of sp³-hybridized carbons (Fsp3) is 0.333. The van der Waals surface area contributed by atoms with Crippen molar-refractivity contribution in [1.82, 2.24) is 4.98 Å². The van der Waals surface area contributed by atoms with Crippen molar-refractivity contribution >= 4 is 5.97 Å². The number of esters is 1. The van der Waals surface area contributed by atoms with Crippen LogP contribution in [0.2, 0.25) is 0 Å². The summed E-state index contributed by atoms with van der Waals surface area (Å²) in [5.74, 6) is -2.02. The summed E-state index contributed by atoms with van der Waals surface area (Å²) in [6.07, 6.45) is -2.88. The van der Waals surface area contributed by atoms with Crippen molar-refractivity contribution in [2.75, 3.05) is 14.2 Å². The summed E-state index contributed by atoms with van der Waals surface area (Å²) < 4.78 is 33.7. The molecule has 1 aromatic heterocycles. The van der Waals surface area contributed by atoms with Crippen LogP contribution in [0.5, 0.6) is 11.6 Å². The van der Waals surface area contributed by atoms with Gasteiger partial charge in [-0.3, -0.25) is 0 Å². The van der Waals surface area contributed by atoms with Crippen molar-refractivity contribution in [3.8, 4) is 11.6 Å². The molecule has 0 unspecified atom stereocenters. The minimum absolute atomic E-state index is 0.412. The Hall–Kier alpha value is -1.92. The van der Waals surface area contributed by atoms with Gasteiger partial charge in [0, 0.05) is 0 Å². The van der Waals surface area contributed by atoms with E-state index in [0.717, 1.165) is 20.3 Å². The summed E-state index contributed by atoms with van der Waals surface area (Å²) in [6, 6.07) is 0.758. The van der Waals surface area contributed by atoms with E-state index in [0.29, 0.717) is 0 Å². The minimum Gasteiger partial charge on any atom is -0.502 e. The first-order valence-corrected chi connectivity index (χ1v) is 4.15. The Morgan fingerprint density at radius 1 is 1.50 bits per heavy atom. The van der Waals surface area contributed by atoms with Crippen LogP contribution >= 0.6 is 0 Å². The number of hydrogen-bond donors (Lipinski definition) is 1. The van der Waals surface area contributed by atoms with Gasteiger partial charge in [-0.15, -0.1) is 0 Å². The van der Waals surface area contributed by atoms with E-state index in [1.807, 2.05) is 0 Å². The average Bonchev–Trinajstić information content (AvgIpc) is 2.28. The molecule has 0 radical (unpaired) electrons. The molecule has 0 saturated carbocycles. The van der Waals surface area contributed by atoms with Crippen LogP contribution in [0, 0.1) is 0 Å². The second kappa shape index (κ2) is 4.73. The third kappa shape index (κ3) is 2.18. The molecular weight excluding hydrogens is 224 g/mol. The summed E-state index contributed by atoms with van der Waals surface area (Å²) >= 11 is 0. The Labute approximate surface area is 89.6 Å². The van der Waals surface area contributed by atoms with Gasteiger partial charge in [0.25, 0.3) is 12.3 Å². The molecule has 5 nitrogen and oxygen atoms in total. The number of nitrogens with zero attached hydrogens (tertiary/aromatic N) is 1. The van der Waals surface area contributed by atoms with E-state index < -0.39 is 35.3 Å². The fourth-order valence-electron chi connectivity index (χ4n) is 1.05. The van der Waals surface area contributed by atoms with Crippen molar-refractivity contribution in [1.29, 1.82) is 0 Å². The highest BCUT2D eigenvalue weighted by Gasteiger charge is 2.22. The second-order valence-electron chi connectivity index (χ2n) is 2.74. The Bertz CT molecular complexity index is 409. The SMILES string of the molecule is COC(=O)c1cc(C(F)F)nc(OC)c1O. The van der Waals surface area contributed by atoms with Crippen LogP contribution in [0.15, 0.2) is 6.07 Å². The van der Waals surface area contributed by atoms with Gasteiger partial charge < -0.3 is 14.6 Å². The molecule has 1 heterocycles. The monoisotopic (exact) mass is 233 g/mol. The van der Waals surface area contributed by atoms with Crippen LogP contribution in [0.1, 0.15) is 22.5 Å². The van der Waals surface area contributed by atoms with E-state index in [9.17, 15) is 18.7 Å². The molecule has 0 aliphatic heterocycles. The maximum Gasteiger partial charge on any atom is 0.341 e. The predicted molar refractivity (Wildman–Crippen MR) is 48.8 cm³/mol. The van der Waals surface area contributed by atoms with Crippen LogP contribution in [-0.4, -0.2) is 30.3 Å². The van der Waals surface area contributed by atoms with Crippen LogP contribution in [-0.2, 0) is 4.74 Å². The van der Waals surface area contributed by atoms with E-state index in [2.05, 4.69) is 14.5 Å². The Balaban J connectivity index is 3.35. The maximum atomic E-state index is 12.4. The molecule has 0 aromatic carbocycles. The minimum atomic E-state index is -2.88. The predicted octanol–water partition coefficient (Wildman–Crippen LogP) is 1.52. The Morgan fingerprint density at radius 2 is 2.12 bits per heavy atom. The molecule has 88 valence electrons. The lowest BCUT2D eigenvalue weighted by Crippen LogP contribution is -2.06. The van der Waals surface area contributed by atoms with Gasteiger partial charge in [-0.2, -0.15) is 0 Å². The van der Waals surface area contributed by atoms with E-state index in [4.69, 9.17) is 0 Å². The highest BCUT2D eigenvalue weighted by molar-refractivity contribution is 5.93. The zero-order valence-electron chi connectivity index (χ0n) is 8.53. The number of rotatable bonds is 3. The second-order valence-corrected chi connectivity index (χ2v) is 2.74. The molecule has 0 bridgehead atoms. The van der Waals surface area contributed by atoms with Gasteiger partial charge in [0.15, 0.2) is 5.75 Å². The summed E-state index contributed by atoms with van der Waals surface area (Å²) in [4.78, 5) is 14.5. The van der Waals surface area contributed by atoms with Crippen molar-refractivity contribution in [2.24, 2.45) is 0 Å². The van der Waals surface area contributed by atoms with E-state index in [1.165, 1.54) is 0 Å². The number of carbonyl (C=O) groups is 1. The number of methoxy groups -OCH3 is 2. The van der Waals surface area contributed by atoms with Crippen LogP contribution in [0.25, 0.3) is 0 Å². The topological polar surface area (TPSA) is 68.7 Å². The lowest BCUT2D eigenvalue weighted by molar-refractivity contribution is 0.0595. The Morgan fingerprint density at radius 3 is 2.56 bits per heavy atom. The van der Waals surface area contributed by atoms with Gasteiger partial charge in [-0.25, -0.2) is 18.6 Å². The molecule has 0 amide bonds. The molecule has 0 aliphatic rings. The van der Waals surface area contributed by atoms with E-state index in [1.54, 1.807) is 0 Å². The van der Waals surface area contributed by atoms with Crippen LogP contribution in [0.3, 0.4) is 0 Å². The molecule has 0 atom stereocenters. The number of carbonyl (C=O) groups excluding carboxylic acids is 1. The van der Waals surface area contributed by atoms with Gasteiger partial charge >= 0.3 is 5.97 Å². The molecule has 1 N–H and O–H groups in total. The van der Waals surface area contributed by atoms with Gasteiger partial charge in [0.1, 0.15) is 11.3 Å². The highest BCUT2D eigenvalue weighted by Crippen LogP contribution is 2.31. The summed E-state index contributed by atoms with van der Waals surface area (Å²) in [5.41, 5.74) is -1.08. The van der Waals surface area contributed by atoms with Gasteiger partial charge in [-0.05, 0) is 6.07 Å². The molecule has 0 saturated heterocycles. The van der Waals surface area contributed by atoms with Gasteiger partial charge in [-0.1, -0.05) is 0 Å². The quantitative estimate of drug-likeness (QED) is 0.801. The molecule has 16 heavy (non-hydrogen) atoms. The zero-order chi connectivity index (χ0) is 12.3. The third-order valence-electron chi connectivity index (χ3n) is 1.80. The highest BCUT2D eigenvalue weighted by atomic mass is 19.3. The van der Waals surface area contributed by atoms with Crippen LogP contribution < -0.4 is 4.74 Å². The summed E-state index contributed by atoms with van der Waals surface area (Å²) in [5, 5.41) is 9.46. The molecule has 1 rings (SSSR count). The molecule has 1 aromatic rings. The number of alkyl halides is 2. The molecule has 7 heteroatoms. The summed E-state index contributed by atoms with van der Waals surface area (Å²) in [7, 11) is 2.20. The first-order chi connectivity index (χ1) is 7.51. The van der Waals surface area contributed by atoms with E-state index in [-0.39, 0.29) is 0 Å². The molecule has 0 aliphatic carbocycles. The normalized spacial score (nSPS) is 10.3. The lowest BCUT2D eigenvalue weighted by Gasteiger charge is -2.09. The molecule has 0 spiro atoms. The summed E-state index contributed by atoms with van der Waals surface area (Å²) in [6.45, 7) is 0. The largest absolute Gasteiger partial charge is 0.502 e. The number of halogens is 2. The standard InChI is InChI=1S/C9H9F2NO4/c1-15-8-6(13)4(9(14)16-2)3-5(12-8)7(10)11/h3,7,13H,1-2H3. The van der Waals surface area contributed by atoms with Crippen molar-refractivity contribution in [2.45, 2.75) is 6.43 Å². The van der Waals surface area contributed by atoms with Crippen molar-refractivity contribution in [3.05, 3.63) is 17.3 Å². The number of hydrogen-bond acceptors (Lipinski definition) is 5. The van der Waals surface area contributed by atoms with Crippen molar-refractivity contribution in [3.63, 3.8) is 0 Å². The lowest BCUT2D eigenvalue weighted by atomic mass is 10.2. The maximum absolute atomic E-state index is 12.4. The average molecular weight is 233 g/mol. The fourth-order valence-corrected chi connectivity index (χ4v) is 1.05. The van der Waals surface area contributed by atoms with E-state index >= 15 is 0 Å². The van der Waals surface area contributed by atoms with Gasteiger partial charge in [0.2, 0.25) is 0 Å². The first-order valence-electron chi connectivity index (χ1n) is 4.15. The first kappa shape index (κ1) is 12.2. The Kier molecular flexibility index (Phi) is 3.60.